The van der Waals surface area contributed by atoms with Gasteiger partial charge < -0.3 is 15.2 Å². The third-order valence-electron chi connectivity index (χ3n) is 2.95. The molecular formula is C15H19NO4. The molecule has 0 aromatic heterocycles. The summed E-state index contributed by atoms with van der Waals surface area (Å²) in [4.78, 5) is 22.7. The molecule has 0 aliphatic heterocycles. The first-order valence-electron chi connectivity index (χ1n) is 6.28. The summed E-state index contributed by atoms with van der Waals surface area (Å²) in [6, 6.07) is 9.05. The number of rotatable bonds is 6. The van der Waals surface area contributed by atoms with Crippen molar-refractivity contribution >= 4 is 12.1 Å². The largest absolute Gasteiger partial charge is 0.458 e. The molecule has 0 aliphatic carbocycles. The number of amides is 1. The van der Waals surface area contributed by atoms with Gasteiger partial charge in [-0.25, -0.2) is 9.59 Å². The van der Waals surface area contributed by atoms with Crippen LogP contribution in [0.2, 0.25) is 0 Å². The summed E-state index contributed by atoms with van der Waals surface area (Å²) in [6.45, 7) is 6.77. The zero-order valence-corrected chi connectivity index (χ0v) is 11.7. The molecule has 0 heterocycles. The van der Waals surface area contributed by atoms with Crippen LogP contribution >= 0.6 is 0 Å². The average molecular weight is 277 g/mol. The Kier molecular flexibility index (Phi) is 5.32. The highest BCUT2D eigenvalue weighted by Gasteiger charge is 2.36. The normalized spacial score (nSPS) is 13.1. The lowest BCUT2D eigenvalue weighted by Crippen LogP contribution is -2.39. The van der Waals surface area contributed by atoms with Crippen LogP contribution in [0.5, 0.6) is 0 Å². The van der Waals surface area contributed by atoms with E-state index in [1.807, 2.05) is 25.1 Å². The topological polar surface area (TPSA) is 78.6 Å². The predicted molar refractivity (Wildman–Crippen MR) is 74.9 cm³/mol. The fraction of sp³-hybridized carbons (Fsp3) is 0.333. The third-order valence-corrected chi connectivity index (χ3v) is 2.95. The maximum atomic E-state index is 11.5. The number of ether oxygens (including phenoxy) is 2. The SMILES string of the molecule is C=C(C)C(=O)OCC(CC)(OC(N)=O)c1ccccc1. The molecule has 1 rings (SSSR count). The van der Waals surface area contributed by atoms with Crippen LogP contribution in [0.25, 0.3) is 0 Å². The van der Waals surface area contributed by atoms with Gasteiger partial charge in [0.25, 0.3) is 0 Å². The van der Waals surface area contributed by atoms with E-state index >= 15 is 0 Å². The number of benzene rings is 1. The number of primary amides is 1. The Morgan fingerprint density at radius 1 is 1.30 bits per heavy atom. The van der Waals surface area contributed by atoms with E-state index in [0.29, 0.717) is 6.42 Å². The summed E-state index contributed by atoms with van der Waals surface area (Å²) in [5, 5.41) is 0. The Balaban J connectivity index is 3.03. The monoisotopic (exact) mass is 277 g/mol. The standard InChI is InChI=1S/C15H19NO4/c1-4-15(20-14(16)18,10-19-13(17)11(2)3)12-8-6-5-7-9-12/h5-9H,2,4,10H2,1,3H3,(H2,16,18). The Hall–Kier alpha value is -2.30. The van der Waals surface area contributed by atoms with Gasteiger partial charge in [0.05, 0.1) is 0 Å². The third kappa shape index (κ3) is 3.85. The van der Waals surface area contributed by atoms with Gasteiger partial charge in [0.1, 0.15) is 6.61 Å². The van der Waals surface area contributed by atoms with Gasteiger partial charge in [-0.3, -0.25) is 0 Å². The van der Waals surface area contributed by atoms with Gasteiger partial charge in [-0.1, -0.05) is 43.8 Å². The molecule has 0 fully saturated rings. The van der Waals surface area contributed by atoms with Crippen molar-refractivity contribution in [2.45, 2.75) is 25.9 Å². The molecule has 1 amide bonds. The Labute approximate surface area is 118 Å². The predicted octanol–water partition coefficient (Wildman–Crippen LogP) is 2.51. The van der Waals surface area contributed by atoms with Crippen molar-refractivity contribution in [1.29, 1.82) is 0 Å². The second kappa shape index (κ2) is 6.75. The summed E-state index contributed by atoms with van der Waals surface area (Å²) < 4.78 is 10.4. The number of carbonyl (C=O) groups is 2. The minimum atomic E-state index is -1.09. The van der Waals surface area contributed by atoms with Crippen LogP contribution in [-0.4, -0.2) is 18.7 Å². The minimum Gasteiger partial charge on any atom is -0.458 e. The van der Waals surface area contributed by atoms with Crippen LogP contribution in [0.1, 0.15) is 25.8 Å². The highest BCUT2D eigenvalue weighted by atomic mass is 16.6. The number of nitrogens with two attached hydrogens (primary N) is 1. The van der Waals surface area contributed by atoms with E-state index in [1.54, 1.807) is 19.1 Å². The number of esters is 1. The van der Waals surface area contributed by atoms with Gasteiger partial charge in [0, 0.05) is 5.57 Å². The molecular weight excluding hydrogens is 258 g/mol. The summed E-state index contributed by atoms with van der Waals surface area (Å²) in [5.41, 5.74) is 5.05. The number of carbonyl (C=O) groups excluding carboxylic acids is 2. The van der Waals surface area contributed by atoms with E-state index in [0.717, 1.165) is 5.56 Å². The zero-order chi connectivity index (χ0) is 15.2. The quantitative estimate of drug-likeness (QED) is 0.640. The van der Waals surface area contributed by atoms with E-state index in [4.69, 9.17) is 15.2 Å². The fourth-order valence-electron chi connectivity index (χ4n) is 1.79. The number of hydrogen-bond donors (Lipinski definition) is 1. The lowest BCUT2D eigenvalue weighted by Gasteiger charge is -2.31. The van der Waals surface area contributed by atoms with Crippen molar-refractivity contribution in [3.05, 3.63) is 48.0 Å². The van der Waals surface area contributed by atoms with Gasteiger partial charge in [0.2, 0.25) is 0 Å². The molecule has 20 heavy (non-hydrogen) atoms. The van der Waals surface area contributed by atoms with E-state index in [1.165, 1.54) is 0 Å². The molecule has 2 N–H and O–H groups in total. The van der Waals surface area contributed by atoms with Crippen LogP contribution in [0.4, 0.5) is 4.79 Å². The maximum Gasteiger partial charge on any atom is 0.405 e. The van der Waals surface area contributed by atoms with Crippen molar-refractivity contribution < 1.29 is 19.1 Å². The summed E-state index contributed by atoms with van der Waals surface area (Å²) >= 11 is 0. The van der Waals surface area contributed by atoms with Crippen molar-refractivity contribution in [2.24, 2.45) is 5.73 Å². The first-order valence-corrected chi connectivity index (χ1v) is 6.28. The highest BCUT2D eigenvalue weighted by Crippen LogP contribution is 2.30. The molecule has 108 valence electrons. The molecule has 0 saturated carbocycles. The second-order valence-corrected chi connectivity index (χ2v) is 4.49. The van der Waals surface area contributed by atoms with E-state index in [9.17, 15) is 9.59 Å². The Morgan fingerprint density at radius 3 is 2.35 bits per heavy atom. The van der Waals surface area contributed by atoms with Crippen LogP contribution in [0.3, 0.4) is 0 Å². The summed E-state index contributed by atoms with van der Waals surface area (Å²) in [5.74, 6) is -0.535. The summed E-state index contributed by atoms with van der Waals surface area (Å²) in [6.07, 6.45) is -0.495. The molecule has 0 aliphatic rings. The van der Waals surface area contributed by atoms with Gasteiger partial charge in [-0.15, -0.1) is 0 Å². The molecule has 1 unspecified atom stereocenters. The van der Waals surface area contributed by atoms with Gasteiger partial charge >= 0.3 is 12.1 Å². The van der Waals surface area contributed by atoms with Crippen LogP contribution in [0.15, 0.2) is 42.5 Å². The first kappa shape index (κ1) is 15.8. The van der Waals surface area contributed by atoms with Crippen LogP contribution in [0, 0.1) is 0 Å². The van der Waals surface area contributed by atoms with Gasteiger partial charge in [-0.05, 0) is 18.9 Å². The molecule has 1 atom stereocenters. The van der Waals surface area contributed by atoms with Gasteiger partial charge in [0.15, 0.2) is 5.60 Å². The minimum absolute atomic E-state index is 0.109. The Morgan fingerprint density at radius 2 is 1.90 bits per heavy atom. The lowest BCUT2D eigenvalue weighted by atomic mass is 9.91. The molecule has 1 aromatic rings. The zero-order valence-electron chi connectivity index (χ0n) is 11.7. The molecule has 0 spiro atoms. The smallest absolute Gasteiger partial charge is 0.405 e. The van der Waals surface area contributed by atoms with Crippen LogP contribution in [-0.2, 0) is 19.9 Å². The maximum absolute atomic E-state index is 11.5. The van der Waals surface area contributed by atoms with Crippen LogP contribution < -0.4 is 5.73 Å². The van der Waals surface area contributed by atoms with E-state index < -0.39 is 17.7 Å². The van der Waals surface area contributed by atoms with Crippen molar-refractivity contribution in [3.63, 3.8) is 0 Å². The molecule has 5 nitrogen and oxygen atoms in total. The number of hydrogen-bond acceptors (Lipinski definition) is 4. The van der Waals surface area contributed by atoms with Gasteiger partial charge in [-0.2, -0.15) is 0 Å². The first-order chi connectivity index (χ1) is 9.41. The highest BCUT2D eigenvalue weighted by molar-refractivity contribution is 5.87. The summed E-state index contributed by atoms with van der Waals surface area (Å²) in [7, 11) is 0. The fourth-order valence-corrected chi connectivity index (χ4v) is 1.79. The van der Waals surface area contributed by atoms with Crippen molar-refractivity contribution in [1.82, 2.24) is 0 Å². The second-order valence-electron chi connectivity index (χ2n) is 4.49. The van der Waals surface area contributed by atoms with Crippen molar-refractivity contribution in [2.75, 3.05) is 6.61 Å². The average Bonchev–Trinajstić information content (AvgIpc) is 2.43. The molecule has 0 radical (unpaired) electrons. The van der Waals surface area contributed by atoms with E-state index in [2.05, 4.69) is 6.58 Å². The molecule has 5 heteroatoms. The Bertz CT molecular complexity index is 498. The molecule has 0 saturated heterocycles. The van der Waals surface area contributed by atoms with E-state index in [-0.39, 0.29) is 12.2 Å². The molecule has 0 bridgehead atoms. The lowest BCUT2D eigenvalue weighted by molar-refractivity contribution is -0.147. The molecule has 1 aromatic carbocycles. The van der Waals surface area contributed by atoms with Crippen molar-refractivity contribution in [3.8, 4) is 0 Å².